The maximum Gasteiger partial charge on any atom is 0.410 e. The maximum atomic E-state index is 13.3. The van der Waals surface area contributed by atoms with Crippen LogP contribution in [0.15, 0.2) is 60.7 Å². The second-order valence-electron chi connectivity index (χ2n) is 8.98. The van der Waals surface area contributed by atoms with Gasteiger partial charge in [0.1, 0.15) is 23.8 Å². The molecule has 0 aliphatic heterocycles. The van der Waals surface area contributed by atoms with Gasteiger partial charge in [0.05, 0.1) is 6.54 Å². The van der Waals surface area contributed by atoms with Crippen LogP contribution in [0.4, 0.5) is 9.18 Å². The number of rotatable bonds is 9. The van der Waals surface area contributed by atoms with Crippen molar-refractivity contribution in [2.45, 2.75) is 52.4 Å². The SMILES string of the molecule is CC(C)(C)OC(=O)N(CCCCBr)Cc1c(OCc2ccc(F)cc2)ccc2ccccc12. The second-order valence-corrected chi connectivity index (χ2v) is 9.77. The predicted octanol–water partition coefficient (Wildman–Crippen LogP) is 7.47. The molecule has 0 fully saturated rings. The summed E-state index contributed by atoms with van der Waals surface area (Å²) in [7, 11) is 0. The summed E-state index contributed by atoms with van der Waals surface area (Å²) in [6, 6.07) is 18.3. The van der Waals surface area contributed by atoms with E-state index in [0.717, 1.165) is 40.1 Å². The number of unbranched alkanes of at least 4 members (excludes halogenated alkanes) is 1. The Balaban J connectivity index is 1.91. The molecule has 0 N–H and O–H groups in total. The Morgan fingerprint density at radius 1 is 1.00 bits per heavy atom. The Labute approximate surface area is 203 Å². The average molecular weight is 516 g/mol. The molecule has 0 heterocycles. The molecule has 3 aromatic carbocycles. The molecule has 1 amide bonds. The highest BCUT2D eigenvalue weighted by Gasteiger charge is 2.24. The van der Waals surface area contributed by atoms with Gasteiger partial charge in [-0.25, -0.2) is 9.18 Å². The minimum atomic E-state index is -0.578. The normalized spacial score (nSPS) is 11.4. The van der Waals surface area contributed by atoms with Crippen LogP contribution in [-0.2, 0) is 17.9 Å². The fraction of sp³-hybridized carbons (Fsp3) is 0.370. The molecule has 0 saturated heterocycles. The van der Waals surface area contributed by atoms with Crippen LogP contribution < -0.4 is 4.74 Å². The Morgan fingerprint density at radius 2 is 1.73 bits per heavy atom. The van der Waals surface area contributed by atoms with E-state index in [1.54, 1.807) is 17.0 Å². The van der Waals surface area contributed by atoms with E-state index in [9.17, 15) is 9.18 Å². The number of ether oxygens (including phenoxy) is 2. The van der Waals surface area contributed by atoms with Gasteiger partial charge in [-0.15, -0.1) is 0 Å². The fourth-order valence-electron chi connectivity index (χ4n) is 3.51. The number of hydrogen-bond donors (Lipinski definition) is 0. The molecule has 0 unspecified atom stereocenters. The lowest BCUT2D eigenvalue weighted by Gasteiger charge is -2.28. The molecule has 0 aliphatic carbocycles. The van der Waals surface area contributed by atoms with Gasteiger partial charge in [0, 0.05) is 17.4 Å². The zero-order valence-electron chi connectivity index (χ0n) is 19.4. The first-order valence-corrected chi connectivity index (χ1v) is 12.3. The molecule has 0 atom stereocenters. The smallest absolute Gasteiger partial charge is 0.410 e. The number of nitrogens with zero attached hydrogens (tertiary/aromatic N) is 1. The molecule has 176 valence electrons. The Kier molecular flexibility index (Phi) is 8.73. The molecule has 4 nitrogen and oxygen atoms in total. The summed E-state index contributed by atoms with van der Waals surface area (Å²) < 4.78 is 25.1. The van der Waals surface area contributed by atoms with Crippen molar-refractivity contribution >= 4 is 32.8 Å². The summed E-state index contributed by atoms with van der Waals surface area (Å²) >= 11 is 3.47. The minimum Gasteiger partial charge on any atom is -0.489 e. The van der Waals surface area contributed by atoms with Gasteiger partial charge in [-0.3, -0.25) is 0 Å². The van der Waals surface area contributed by atoms with Gasteiger partial charge in [0.2, 0.25) is 0 Å². The molecule has 3 aromatic rings. The summed E-state index contributed by atoms with van der Waals surface area (Å²) in [5.41, 5.74) is 1.22. The van der Waals surface area contributed by atoms with Crippen LogP contribution in [0.3, 0.4) is 0 Å². The van der Waals surface area contributed by atoms with E-state index in [1.165, 1.54) is 12.1 Å². The van der Waals surface area contributed by atoms with Gasteiger partial charge >= 0.3 is 6.09 Å². The van der Waals surface area contributed by atoms with Crippen LogP contribution in [0, 0.1) is 5.82 Å². The fourth-order valence-corrected chi connectivity index (χ4v) is 3.90. The molecule has 0 radical (unpaired) electrons. The van der Waals surface area contributed by atoms with Crippen LogP contribution >= 0.6 is 15.9 Å². The van der Waals surface area contributed by atoms with Crippen molar-refractivity contribution in [1.29, 1.82) is 0 Å². The Morgan fingerprint density at radius 3 is 2.42 bits per heavy atom. The number of alkyl halides is 1. The zero-order valence-corrected chi connectivity index (χ0v) is 21.0. The summed E-state index contributed by atoms with van der Waals surface area (Å²) in [4.78, 5) is 14.8. The van der Waals surface area contributed by atoms with Crippen molar-refractivity contribution in [2.75, 3.05) is 11.9 Å². The third-order valence-electron chi connectivity index (χ3n) is 5.12. The van der Waals surface area contributed by atoms with Crippen molar-refractivity contribution in [3.8, 4) is 5.75 Å². The number of carbonyl (C=O) groups excluding carboxylic acids is 1. The summed E-state index contributed by atoms with van der Waals surface area (Å²) in [5, 5.41) is 2.99. The van der Waals surface area contributed by atoms with E-state index in [-0.39, 0.29) is 11.9 Å². The van der Waals surface area contributed by atoms with E-state index < -0.39 is 5.60 Å². The van der Waals surface area contributed by atoms with E-state index >= 15 is 0 Å². The molecule has 0 aliphatic rings. The van der Waals surface area contributed by atoms with Crippen molar-refractivity contribution in [3.05, 3.63) is 77.6 Å². The topological polar surface area (TPSA) is 38.8 Å². The van der Waals surface area contributed by atoms with Crippen molar-refractivity contribution in [1.82, 2.24) is 4.90 Å². The van der Waals surface area contributed by atoms with Crippen LogP contribution in [0.25, 0.3) is 10.8 Å². The molecule has 6 heteroatoms. The van der Waals surface area contributed by atoms with E-state index in [4.69, 9.17) is 9.47 Å². The lowest BCUT2D eigenvalue weighted by atomic mass is 10.0. The van der Waals surface area contributed by atoms with Gasteiger partial charge in [-0.2, -0.15) is 0 Å². The third kappa shape index (κ3) is 7.46. The summed E-state index contributed by atoms with van der Waals surface area (Å²) in [5.74, 6) is 0.425. The highest BCUT2D eigenvalue weighted by molar-refractivity contribution is 9.09. The number of hydrogen-bond acceptors (Lipinski definition) is 3. The largest absolute Gasteiger partial charge is 0.489 e. The van der Waals surface area contributed by atoms with Crippen molar-refractivity contribution in [3.63, 3.8) is 0 Å². The van der Waals surface area contributed by atoms with Gasteiger partial charge in [0.25, 0.3) is 0 Å². The van der Waals surface area contributed by atoms with Crippen molar-refractivity contribution < 1.29 is 18.7 Å². The van der Waals surface area contributed by atoms with E-state index in [0.29, 0.717) is 25.4 Å². The maximum absolute atomic E-state index is 13.3. The number of carbonyl (C=O) groups is 1. The van der Waals surface area contributed by atoms with Crippen LogP contribution in [0.5, 0.6) is 5.75 Å². The molecular weight excluding hydrogens is 485 g/mol. The molecule has 0 saturated carbocycles. The average Bonchev–Trinajstić information content (AvgIpc) is 2.77. The summed E-state index contributed by atoms with van der Waals surface area (Å²) in [6.45, 7) is 6.88. The molecule has 0 spiro atoms. The molecular formula is C27H31BrFNO3. The van der Waals surface area contributed by atoms with E-state index in [2.05, 4.69) is 15.9 Å². The third-order valence-corrected chi connectivity index (χ3v) is 5.68. The lowest BCUT2D eigenvalue weighted by molar-refractivity contribution is 0.0230. The summed E-state index contributed by atoms with van der Waals surface area (Å²) in [6.07, 6.45) is 1.48. The first-order valence-electron chi connectivity index (χ1n) is 11.2. The highest BCUT2D eigenvalue weighted by atomic mass is 79.9. The first kappa shape index (κ1) is 25.0. The lowest BCUT2D eigenvalue weighted by Crippen LogP contribution is -2.37. The van der Waals surface area contributed by atoms with Crippen LogP contribution in [0.1, 0.15) is 44.7 Å². The van der Waals surface area contributed by atoms with Crippen molar-refractivity contribution in [2.24, 2.45) is 0 Å². The predicted molar refractivity (Wildman–Crippen MR) is 134 cm³/mol. The Bertz CT molecular complexity index is 1060. The van der Waals surface area contributed by atoms with E-state index in [1.807, 2.05) is 57.2 Å². The standard InChI is InChI=1S/C27H31BrFNO3/c1-27(2,3)33-26(31)30(17-7-6-16-28)18-24-23-9-5-4-8-21(23)12-15-25(24)32-19-20-10-13-22(29)14-11-20/h4-5,8-15H,6-7,16-19H2,1-3H3. The Hall–Kier alpha value is -2.60. The monoisotopic (exact) mass is 515 g/mol. The first-order chi connectivity index (χ1) is 15.8. The number of halogens is 2. The number of amides is 1. The van der Waals surface area contributed by atoms with Crippen LogP contribution in [-0.4, -0.2) is 28.5 Å². The molecule has 33 heavy (non-hydrogen) atoms. The van der Waals surface area contributed by atoms with Gasteiger partial charge in [-0.1, -0.05) is 58.4 Å². The van der Waals surface area contributed by atoms with Gasteiger partial charge in [0.15, 0.2) is 0 Å². The highest BCUT2D eigenvalue weighted by Crippen LogP contribution is 2.31. The molecule has 3 rings (SSSR count). The second kappa shape index (κ2) is 11.5. The van der Waals surface area contributed by atoms with Gasteiger partial charge in [-0.05, 0) is 68.1 Å². The molecule has 0 bridgehead atoms. The molecule has 0 aromatic heterocycles. The quantitative estimate of drug-likeness (QED) is 0.219. The number of fused-ring (bicyclic) bond motifs is 1. The minimum absolute atomic E-state index is 0.276. The van der Waals surface area contributed by atoms with Crippen LogP contribution in [0.2, 0.25) is 0 Å². The van der Waals surface area contributed by atoms with Gasteiger partial charge < -0.3 is 14.4 Å². The zero-order chi connectivity index (χ0) is 23.8. The number of benzene rings is 3.